The van der Waals surface area contributed by atoms with E-state index in [1.54, 1.807) is 33.1 Å². The first-order valence-corrected chi connectivity index (χ1v) is 11.3. The number of ether oxygens (including phenoxy) is 2. The summed E-state index contributed by atoms with van der Waals surface area (Å²) in [5.74, 6) is 0.639. The predicted octanol–water partition coefficient (Wildman–Crippen LogP) is 2.77. The standard InChI is InChI=1S/C21H25N5O5S/c1-5-26(6-2)32(28,29)14-11-12-18(31-4)16(13-14)20(27)23-21-22-19(24-25-21)15-9-7-8-10-17(15)30-3/h7-13H,5-6H2,1-4H3,(H2,22,23,24,25,27). The van der Waals surface area contributed by atoms with Gasteiger partial charge in [-0.25, -0.2) is 8.42 Å². The van der Waals surface area contributed by atoms with E-state index in [9.17, 15) is 13.2 Å². The molecule has 1 amide bonds. The zero-order valence-corrected chi connectivity index (χ0v) is 19.1. The first kappa shape index (κ1) is 23.2. The number of rotatable bonds is 9. The van der Waals surface area contributed by atoms with E-state index in [2.05, 4.69) is 20.5 Å². The Hall–Kier alpha value is -3.44. The number of aromatic amines is 1. The maximum absolute atomic E-state index is 12.9. The molecule has 2 aromatic carbocycles. The summed E-state index contributed by atoms with van der Waals surface area (Å²) in [4.78, 5) is 17.2. The number of nitrogens with zero attached hydrogens (tertiary/aromatic N) is 3. The number of H-pyrrole nitrogens is 1. The molecule has 11 heteroatoms. The maximum atomic E-state index is 12.9. The number of para-hydroxylation sites is 1. The van der Waals surface area contributed by atoms with Crippen molar-refractivity contribution in [3.63, 3.8) is 0 Å². The third-order valence-corrected chi connectivity index (χ3v) is 6.88. The monoisotopic (exact) mass is 459 g/mol. The van der Waals surface area contributed by atoms with E-state index in [-0.39, 0.29) is 22.2 Å². The predicted molar refractivity (Wildman–Crippen MR) is 119 cm³/mol. The number of hydrogen-bond donors (Lipinski definition) is 2. The summed E-state index contributed by atoms with van der Waals surface area (Å²) in [6.07, 6.45) is 0. The van der Waals surface area contributed by atoms with Crippen molar-refractivity contribution in [2.24, 2.45) is 0 Å². The number of nitrogens with one attached hydrogen (secondary N) is 2. The van der Waals surface area contributed by atoms with Crippen LogP contribution in [-0.4, -0.2) is 61.1 Å². The van der Waals surface area contributed by atoms with Crippen molar-refractivity contribution >= 4 is 21.9 Å². The molecule has 1 heterocycles. The van der Waals surface area contributed by atoms with Gasteiger partial charge in [0, 0.05) is 13.1 Å². The van der Waals surface area contributed by atoms with E-state index in [0.29, 0.717) is 30.2 Å². The topological polar surface area (TPSA) is 127 Å². The van der Waals surface area contributed by atoms with Crippen LogP contribution in [0.2, 0.25) is 0 Å². The van der Waals surface area contributed by atoms with Gasteiger partial charge in [0.25, 0.3) is 5.91 Å². The SMILES string of the molecule is CCN(CC)S(=O)(=O)c1ccc(OC)c(C(=O)Nc2n[nH]c(-c3ccccc3OC)n2)c1. The van der Waals surface area contributed by atoms with Crippen LogP contribution in [0.15, 0.2) is 47.4 Å². The second-order valence-corrected chi connectivity index (χ2v) is 8.55. The molecular formula is C21H25N5O5S. The van der Waals surface area contributed by atoms with Crippen molar-refractivity contribution in [3.05, 3.63) is 48.0 Å². The Labute approximate surface area is 186 Å². The second-order valence-electron chi connectivity index (χ2n) is 6.61. The van der Waals surface area contributed by atoms with E-state index in [1.807, 2.05) is 12.1 Å². The fourth-order valence-corrected chi connectivity index (χ4v) is 4.67. The molecule has 0 spiro atoms. The minimum absolute atomic E-state index is 0.00292. The largest absolute Gasteiger partial charge is 0.496 e. The Morgan fingerprint density at radius 1 is 1.06 bits per heavy atom. The number of benzene rings is 2. The number of aromatic nitrogens is 3. The molecule has 0 radical (unpaired) electrons. The number of hydrogen-bond acceptors (Lipinski definition) is 7. The Balaban J connectivity index is 1.91. The van der Waals surface area contributed by atoms with Gasteiger partial charge in [-0.05, 0) is 30.3 Å². The van der Waals surface area contributed by atoms with Crippen molar-refractivity contribution in [1.29, 1.82) is 0 Å². The number of methoxy groups -OCH3 is 2. The molecule has 0 fully saturated rings. The smallest absolute Gasteiger partial charge is 0.261 e. The molecule has 3 rings (SSSR count). The summed E-state index contributed by atoms with van der Waals surface area (Å²) in [6, 6.07) is 11.4. The number of amides is 1. The highest BCUT2D eigenvalue weighted by atomic mass is 32.2. The highest BCUT2D eigenvalue weighted by Crippen LogP contribution is 2.28. The van der Waals surface area contributed by atoms with Crippen LogP contribution >= 0.6 is 0 Å². The van der Waals surface area contributed by atoms with Crippen molar-refractivity contribution in [3.8, 4) is 22.9 Å². The minimum Gasteiger partial charge on any atom is -0.496 e. The molecule has 3 aromatic rings. The highest BCUT2D eigenvalue weighted by molar-refractivity contribution is 7.89. The van der Waals surface area contributed by atoms with Crippen molar-refractivity contribution in [2.75, 3.05) is 32.6 Å². The van der Waals surface area contributed by atoms with Crippen molar-refractivity contribution in [2.45, 2.75) is 18.7 Å². The Kier molecular flexibility index (Phi) is 7.11. The molecule has 32 heavy (non-hydrogen) atoms. The van der Waals surface area contributed by atoms with Gasteiger partial charge in [-0.15, -0.1) is 5.10 Å². The highest BCUT2D eigenvalue weighted by Gasteiger charge is 2.25. The molecule has 1 aromatic heterocycles. The molecule has 170 valence electrons. The normalized spacial score (nSPS) is 11.4. The van der Waals surface area contributed by atoms with Gasteiger partial charge in [-0.3, -0.25) is 15.2 Å². The third kappa shape index (κ3) is 4.58. The van der Waals surface area contributed by atoms with Gasteiger partial charge in [0.05, 0.1) is 30.2 Å². The third-order valence-electron chi connectivity index (χ3n) is 4.83. The first-order valence-electron chi connectivity index (χ1n) is 9.91. The van der Waals surface area contributed by atoms with Gasteiger partial charge in [0.15, 0.2) is 5.82 Å². The zero-order chi connectivity index (χ0) is 23.3. The summed E-state index contributed by atoms with van der Waals surface area (Å²) in [6.45, 7) is 4.13. The first-order chi connectivity index (χ1) is 15.3. The number of carbonyl (C=O) groups excluding carboxylic acids is 1. The van der Waals surface area contributed by atoms with Crippen LogP contribution < -0.4 is 14.8 Å². The second kappa shape index (κ2) is 9.79. The average Bonchev–Trinajstić information content (AvgIpc) is 3.27. The summed E-state index contributed by atoms with van der Waals surface area (Å²) >= 11 is 0. The van der Waals surface area contributed by atoms with Crippen LogP contribution in [0.25, 0.3) is 11.4 Å². The fourth-order valence-electron chi connectivity index (χ4n) is 3.18. The lowest BCUT2D eigenvalue weighted by Crippen LogP contribution is -2.30. The molecule has 2 N–H and O–H groups in total. The van der Waals surface area contributed by atoms with E-state index in [0.717, 1.165) is 0 Å². The lowest BCUT2D eigenvalue weighted by atomic mass is 10.2. The van der Waals surface area contributed by atoms with Crippen LogP contribution in [0.4, 0.5) is 5.95 Å². The molecule has 0 aliphatic rings. The molecule has 0 aliphatic heterocycles. The van der Waals surface area contributed by atoms with Crippen LogP contribution in [-0.2, 0) is 10.0 Å². The van der Waals surface area contributed by atoms with Crippen LogP contribution in [0.1, 0.15) is 24.2 Å². The summed E-state index contributed by atoms with van der Waals surface area (Å²) in [5, 5.41) is 9.36. The van der Waals surface area contributed by atoms with Gasteiger partial charge >= 0.3 is 0 Å². The molecule has 0 unspecified atom stereocenters. The van der Waals surface area contributed by atoms with Gasteiger partial charge < -0.3 is 9.47 Å². The van der Waals surface area contributed by atoms with E-state index in [1.165, 1.54) is 29.6 Å². The molecule has 0 aliphatic carbocycles. The molecular weight excluding hydrogens is 434 g/mol. The van der Waals surface area contributed by atoms with E-state index in [4.69, 9.17) is 9.47 Å². The minimum atomic E-state index is -3.75. The summed E-state index contributed by atoms with van der Waals surface area (Å²) in [7, 11) is -0.803. The van der Waals surface area contributed by atoms with Crippen LogP contribution in [0.5, 0.6) is 11.5 Å². The Morgan fingerprint density at radius 3 is 2.41 bits per heavy atom. The number of sulfonamides is 1. The maximum Gasteiger partial charge on any atom is 0.261 e. The lowest BCUT2D eigenvalue weighted by molar-refractivity contribution is 0.102. The molecule has 0 atom stereocenters. The average molecular weight is 460 g/mol. The van der Waals surface area contributed by atoms with Gasteiger partial charge in [-0.2, -0.15) is 9.29 Å². The number of carbonyl (C=O) groups is 1. The van der Waals surface area contributed by atoms with Crippen LogP contribution in [0.3, 0.4) is 0 Å². The molecule has 10 nitrogen and oxygen atoms in total. The van der Waals surface area contributed by atoms with E-state index >= 15 is 0 Å². The van der Waals surface area contributed by atoms with Crippen molar-refractivity contribution in [1.82, 2.24) is 19.5 Å². The zero-order valence-electron chi connectivity index (χ0n) is 18.2. The van der Waals surface area contributed by atoms with Gasteiger partial charge in [0.1, 0.15) is 11.5 Å². The molecule has 0 saturated heterocycles. The quantitative estimate of drug-likeness (QED) is 0.504. The Bertz CT molecular complexity index is 1200. The lowest BCUT2D eigenvalue weighted by Gasteiger charge is -2.19. The Morgan fingerprint density at radius 2 is 1.75 bits per heavy atom. The number of anilines is 1. The fraction of sp³-hybridized carbons (Fsp3) is 0.286. The van der Waals surface area contributed by atoms with Gasteiger partial charge in [-0.1, -0.05) is 26.0 Å². The van der Waals surface area contributed by atoms with E-state index < -0.39 is 15.9 Å². The van der Waals surface area contributed by atoms with Crippen LogP contribution in [0, 0.1) is 0 Å². The van der Waals surface area contributed by atoms with Crippen molar-refractivity contribution < 1.29 is 22.7 Å². The summed E-state index contributed by atoms with van der Waals surface area (Å²) in [5.41, 5.74) is 0.720. The summed E-state index contributed by atoms with van der Waals surface area (Å²) < 4.78 is 37.6. The molecule has 0 bridgehead atoms. The molecule has 0 saturated carbocycles. The van der Waals surface area contributed by atoms with Gasteiger partial charge in [0.2, 0.25) is 16.0 Å².